The number of hydrogen-bond acceptors (Lipinski definition) is 4. The van der Waals surface area contributed by atoms with E-state index in [-0.39, 0.29) is 5.56 Å². The quantitative estimate of drug-likeness (QED) is 0.440. The molecule has 114 valence electrons. The summed E-state index contributed by atoms with van der Waals surface area (Å²) in [5.74, 6) is 0. The van der Waals surface area contributed by atoms with Crippen LogP contribution in [0.15, 0.2) is 59.5 Å². The molecular weight excluding hydrogens is 290 g/mol. The van der Waals surface area contributed by atoms with Gasteiger partial charge in [-0.1, -0.05) is 24.3 Å². The lowest BCUT2D eigenvalue weighted by Gasteiger charge is -2.13. The number of rotatable bonds is 2. The molecule has 0 fully saturated rings. The molecule has 23 heavy (non-hydrogen) atoms. The van der Waals surface area contributed by atoms with E-state index >= 15 is 0 Å². The molecule has 0 aliphatic heterocycles. The lowest BCUT2D eigenvalue weighted by atomic mass is 10.1. The number of aliphatic hydroxyl groups is 1. The summed E-state index contributed by atoms with van der Waals surface area (Å²) in [5.41, 5.74) is 1.52. The van der Waals surface area contributed by atoms with Crippen molar-refractivity contribution in [2.75, 3.05) is 7.05 Å². The summed E-state index contributed by atoms with van der Waals surface area (Å²) < 4.78 is 1.48. The fourth-order valence-electron chi connectivity index (χ4n) is 2.90. The summed E-state index contributed by atoms with van der Waals surface area (Å²) in [7, 11) is 1.65. The summed E-state index contributed by atoms with van der Waals surface area (Å²) in [6.45, 7) is 0. The maximum absolute atomic E-state index is 12.8. The zero-order chi connectivity index (χ0) is 16.0. The summed E-state index contributed by atoms with van der Waals surface area (Å²) >= 11 is 0. The Morgan fingerprint density at radius 3 is 2.61 bits per heavy atom. The van der Waals surface area contributed by atoms with Crippen molar-refractivity contribution in [3.8, 4) is 0 Å². The number of pyridine rings is 1. The summed E-state index contributed by atoms with van der Waals surface area (Å²) in [5, 5.41) is 15.5. The molecule has 5 nitrogen and oxygen atoms in total. The number of aromatic nitrogens is 2. The molecule has 2 heterocycles. The van der Waals surface area contributed by atoms with Crippen LogP contribution >= 0.6 is 0 Å². The van der Waals surface area contributed by atoms with Gasteiger partial charge >= 0.3 is 0 Å². The summed E-state index contributed by atoms with van der Waals surface area (Å²) in [6.07, 6.45) is 0.793. The van der Waals surface area contributed by atoms with Crippen LogP contribution in [-0.4, -0.2) is 21.5 Å². The number of aliphatic hydroxyl groups excluding tert-OH is 1. The average molecular weight is 305 g/mol. The first-order valence-electron chi connectivity index (χ1n) is 7.38. The second kappa shape index (κ2) is 5.15. The van der Waals surface area contributed by atoms with Crippen molar-refractivity contribution in [3.05, 3.63) is 70.6 Å². The maximum Gasteiger partial charge on any atom is 0.265 e. The lowest BCUT2D eigenvalue weighted by molar-refractivity contribution is 0.150. The van der Waals surface area contributed by atoms with Crippen LogP contribution in [-0.2, 0) is 0 Å². The molecule has 1 atom stereocenters. The van der Waals surface area contributed by atoms with Crippen molar-refractivity contribution < 1.29 is 5.11 Å². The molecule has 0 saturated carbocycles. The highest BCUT2D eigenvalue weighted by atomic mass is 16.3. The molecule has 4 aromatic rings. The third-order valence-electron chi connectivity index (χ3n) is 4.10. The Kier molecular flexibility index (Phi) is 3.11. The van der Waals surface area contributed by atoms with E-state index in [0.29, 0.717) is 22.1 Å². The van der Waals surface area contributed by atoms with Crippen LogP contribution in [0.25, 0.3) is 27.3 Å². The first-order chi connectivity index (χ1) is 11.2. The first-order valence-corrected chi connectivity index (χ1v) is 7.38. The Morgan fingerprint density at radius 2 is 1.87 bits per heavy atom. The number of benzene rings is 2. The third-order valence-corrected chi connectivity index (χ3v) is 4.10. The average Bonchev–Trinajstić information content (AvgIpc) is 2.59. The van der Waals surface area contributed by atoms with Crippen LogP contribution in [0.4, 0.5) is 0 Å². The van der Waals surface area contributed by atoms with Crippen molar-refractivity contribution in [3.63, 3.8) is 0 Å². The van der Waals surface area contributed by atoms with E-state index in [1.807, 2.05) is 36.4 Å². The molecule has 2 N–H and O–H groups in total. The molecule has 0 aliphatic rings. The molecule has 0 saturated heterocycles. The Balaban J connectivity index is 2.17. The van der Waals surface area contributed by atoms with E-state index in [1.54, 1.807) is 25.4 Å². The van der Waals surface area contributed by atoms with Crippen LogP contribution in [0.5, 0.6) is 0 Å². The fourth-order valence-corrected chi connectivity index (χ4v) is 2.90. The number of hydrogen-bond donors (Lipinski definition) is 2. The molecule has 5 heteroatoms. The summed E-state index contributed by atoms with van der Waals surface area (Å²) in [4.78, 5) is 17.4. The molecule has 0 amide bonds. The maximum atomic E-state index is 12.8. The number of nitrogens with zero attached hydrogens (tertiary/aromatic N) is 2. The molecular formula is C18H15N3O2. The van der Waals surface area contributed by atoms with E-state index in [0.717, 1.165) is 10.8 Å². The number of nitrogens with one attached hydrogen (secondary N) is 1. The van der Waals surface area contributed by atoms with Gasteiger partial charge in [0.2, 0.25) is 0 Å². The van der Waals surface area contributed by atoms with Gasteiger partial charge < -0.3 is 5.11 Å². The molecule has 4 rings (SSSR count). The van der Waals surface area contributed by atoms with Crippen molar-refractivity contribution >= 4 is 27.3 Å². The summed E-state index contributed by atoms with van der Waals surface area (Å²) in [6, 6.07) is 15.1. The molecule has 0 aliphatic carbocycles. The molecule has 0 bridgehead atoms. The molecule has 2 aromatic heterocycles. The van der Waals surface area contributed by atoms with E-state index < -0.39 is 6.23 Å². The molecule has 0 radical (unpaired) electrons. The minimum Gasteiger partial charge on any atom is -0.374 e. The molecule has 1 unspecified atom stereocenters. The fraction of sp³-hybridized carbons (Fsp3) is 0.111. The van der Waals surface area contributed by atoms with Gasteiger partial charge in [-0.2, -0.15) is 0 Å². The highest BCUT2D eigenvalue weighted by Crippen LogP contribution is 2.22. The van der Waals surface area contributed by atoms with Gasteiger partial charge in [0.25, 0.3) is 5.56 Å². The highest BCUT2D eigenvalue weighted by Gasteiger charge is 2.13. The van der Waals surface area contributed by atoms with E-state index in [2.05, 4.69) is 10.3 Å². The van der Waals surface area contributed by atoms with E-state index in [1.165, 1.54) is 4.40 Å². The van der Waals surface area contributed by atoms with Crippen LogP contribution in [0.3, 0.4) is 0 Å². The van der Waals surface area contributed by atoms with Gasteiger partial charge in [0.1, 0.15) is 11.9 Å². The normalized spacial score (nSPS) is 13.0. The smallest absolute Gasteiger partial charge is 0.265 e. The van der Waals surface area contributed by atoms with Gasteiger partial charge in [0.05, 0.1) is 10.9 Å². The predicted octanol–water partition coefficient (Wildman–Crippen LogP) is 2.21. The van der Waals surface area contributed by atoms with Crippen LogP contribution in [0.2, 0.25) is 0 Å². The van der Waals surface area contributed by atoms with Gasteiger partial charge in [-0.15, -0.1) is 0 Å². The zero-order valence-corrected chi connectivity index (χ0v) is 12.5. The Bertz CT molecular complexity index is 1100. The minimum absolute atomic E-state index is 0.138. The second-order valence-electron chi connectivity index (χ2n) is 5.48. The Morgan fingerprint density at radius 1 is 1.13 bits per heavy atom. The monoisotopic (exact) mass is 305 g/mol. The molecule has 0 spiro atoms. The highest BCUT2D eigenvalue weighted by molar-refractivity contribution is 5.96. The Hall–Kier alpha value is -2.76. The zero-order valence-electron chi connectivity index (χ0n) is 12.5. The SMILES string of the molecule is CNC(O)c1cccn2c(=O)c3cc4ccccc4cc3nc12. The van der Waals surface area contributed by atoms with E-state index in [4.69, 9.17) is 0 Å². The van der Waals surface area contributed by atoms with Gasteiger partial charge in [0, 0.05) is 11.8 Å². The van der Waals surface area contributed by atoms with Crippen molar-refractivity contribution in [1.82, 2.24) is 14.7 Å². The van der Waals surface area contributed by atoms with Crippen molar-refractivity contribution in [2.24, 2.45) is 0 Å². The van der Waals surface area contributed by atoms with E-state index in [9.17, 15) is 9.90 Å². The number of fused-ring (bicyclic) bond motifs is 3. The van der Waals surface area contributed by atoms with Gasteiger partial charge in [-0.3, -0.25) is 14.5 Å². The second-order valence-corrected chi connectivity index (χ2v) is 5.48. The lowest BCUT2D eigenvalue weighted by Crippen LogP contribution is -2.21. The molecule has 2 aromatic carbocycles. The predicted molar refractivity (Wildman–Crippen MR) is 90.5 cm³/mol. The minimum atomic E-state index is -0.879. The van der Waals surface area contributed by atoms with Gasteiger partial charge in [-0.05, 0) is 42.1 Å². The van der Waals surface area contributed by atoms with Crippen LogP contribution in [0, 0.1) is 0 Å². The standard InChI is InChI=1S/C18H15N3O2/c1-19-17(22)13-7-4-8-21-16(13)20-15-10-12-6-3-2-5-11(12)9-14(15)18(21)23/h2-10,17,19,22H,1H3. The Labute approximate surface area is 131 Å². The topological polar surface area (TPSA) is 66.6 Å². The largest absolute Gasteiger partial charge is 0.374 e. The first kappa shape index (κ1) is 13.9. The third kappa shape index (κ3) is 2.10. The van der Waals surface area contributed by atoms with Gasteiger partial charge in [-0.25, -0.2) is 4.98 Å². The van der Waals surface area contributed by atoms with Gasteiger partial charge in [0.15, 0.2) is 0 Å². The van der Waals surface area contributed by atoms with Crippen molar-refractivity contribution in [2.45, 2.75) is 6.23 Å². The van der Waals surface area contributed by atoms with Crippen LogP contribution in [0.1, 0.15) is 11.8 Å². The van der Waals surface area contributed by atoms with Crippen molar-refractivity contribution in [1.29, 1.82) is 0 Å². The van der Waals surface area contributed by atoms with Crippen LogP contribution < -0.4 is 10.9 Å².